The Morgan fingerprint density at radius 2 is 2.07 bits per heavy atom. The Hall–Kier alpha value is -0.280. The lowest BCUT2D eigenvalue weighted by Crippen LogP contribution is -2.30. The normalized spacial score (nSPS) is 22.0. The Labute approximate surface area is 95.4 Å². The van der Waals surface area contributed by atoms with Crippen molar-refractivity contribution in [3.8, 4) is 0 Å². The van der Waals surface area contributed by atoms with E-state index < -0.39 is 0 Å². The van der Waals surface area contributed by atoms with E-state index in [9.17, 15) is 0 Å². The van der Waals surface area contributed by atoms with Crippen LogP contribution in [0.3, 0.4) is 0 Å². The van der Waals surface area contributed by atoms with Gasteiger partial charge in [-0.2, -0.15) is 0 Å². The van der Waals surface area contributed by atoms with E-state index in [1.165, 1.54) is 0 Å². The van der Waals surface area contributed by atoms with Gasteiger partial charge in [0.1, 0.15) is 0 Å². The summed E-state index contributed by atoms with van der Waals surface area (Å²) in [6.45, 7) is 0.968. The van der Waals surface area contributed by atoms with E-state index >= 15 is 0 Å². The number of nitrogens with zero attached hydrogens (tertiary/aromatic N) is 1. The van der Waals surface area contributed by atoms with E-state index in [0.717, 1.165) is 30.0 Å². The fourth-order valence-electron chi connectivity index (χ4n) is 1.87. The van der Waals surface area contributed by atoms with Crippen molar-refractivity contribution in [2.45, 2.75) is 18.9 Å². The molecule has 1 heterocycles. The minimum absolute atomic E-state index is 0. The van der Waals surface area contributed by atoms with Crippen molar-refractivity contribution in [1.82, 2.24) is 5.01 Å². The molecule has 1 saturated heterocycles. The van der Waals surface area contributed by atoms with Crippen LogP contribution in [0, 0.1) is 0 Å². The Balaban J connectivity index is 0.000000980. The molecule has 0 aliphatic carbocycles. The van der Waals surface area contributed by atoms with Gasteiger partial charge in [0.05, 0.1) is 6.04 Å². The first-order valence-corrected chi connectivity index (χ1v) is 4.92. The molecule has 1 aromatic rings. The van der Waals surface area contributed by atoms with Gasteiger partial charge in [-0.15, -0.1) is 12.4 Å². The molecular formula is C10H14Cl2N2. The maximum absolute atomic E-state index is 6.09. The van der Waals surface area contributed by atoms with E-state index in [1.807, 2.05) is 23.2 Å². The standard InChI is InChI=1S/C10H13ClN2.ClH/c11-9-5-2-1-4-8(9)10-6-3-7-13(10)12;/h1-2,4-5,10H,3,6-7,12H2;1H. The van der Waals surface area contributed by atoms with E-state index in [0.29, 0.717) is 6.04 Å². The largest absolute Gasteiger partial charge is 0.268 e. The van der Waals surface area contributed by atoms with Gasteiger partial charge in [0, 0.05) is 11.6 Å². The van der Waals surface area contributed by atoms with Crippen molar-refractivity contribution in [2.24, 2.45) is 5.84 Å². The van der Waals surface area contributed by atoms with Crippen LogP contribution in [0.2, 0.25) is 5.02 Å². The zero-order valence-electron chi connectivity index (χ0n) is 7.82. The van der Waals surface area contributed by atoms with Gasteiger partial charge in [-0.05, 0) is 24.5 Å². The maximum atomic E-state index is 6.09. The average molecular weight is 233 g/mol. The fourth-order valence-corrected chi connectivity index (χ4v) is 2.13. The molecule has 1 aliphatic rings. The number of nitrogens with two attached hydrogens (primary N) is 1. The van der Waals surface area contributed by atoms with Crippen molar-refractivity contribution in [3.05, 3.63) is 34.9 Å². The summed E-state index contributed by atoms with van der Waals surface area (Å²) < 4.78 is 0. The predicted octanol–water partition coefficient (Wildman–Crippen LogP) is 2.77. The molecule has 14 heavy (non-hydrogen) atoms. The summed E-state index contributed by atoms with van der Waals surface area (Å²) in [5.74, 6) is 5.85. The number of hydrazine groups is 1. The van der Waals surface area contributed by atoms with Gasteiger partial charge in [-0.1, -0.05) is 29.8 Å². The van der Waals surface area contributed by atoms with Crippen molar-refractivity contribution < 1.29 is 0 Å². The van der Waals surface area contributed by atoms with Crippen LogP contribution in [0.25, 0.3) is 0 Å². The Morgan fingerprint density at radius 3 is 2.64 bits per heavy atom. The average Bonchev–Trinajstić information content (AvgIpc) is 2.52. The molecule has 2 rings (SSSR count). The quantitative estimate of drug-likeness (QED) is 0.755. The third-order valence-electron chi connectivity index (χ3n) is 2.56. The van der Waals surface area contributed by atoms with Gasteiger partial charge in [0.25, 0.3) is 0 Å². The van der Waals surface area contributed by atoms with E-state index in [2.05, 4.69) is 6.07 Å². The van der Waals surface area contributed by atoms with Crippen LogP contribution < -0.4 is 5.84 Å². The number of hydrogen-bond acceptors (Lipinski definition) is 2. The van der Waals surface area contributed by atoms with Gasteiger partial charge in [0.15, 0.2) is 0 Å². The molecule has 78 valence electrons. The molecule has 0 aromatic heterocycles. The van der Waals surface area contributed by atoms with Crippen LogP contribution in [-0.2, 0) is 0 Å². The summed E-state index contributed by atoms with van der Waals surface area (Å²) in [7, 11) is 0. The second-order valence-corrected chi connectivity index (χ2v) is 3.82. The van der Waals surface area contributed by atoms with Gasteiger partial charge in [-0.3, -0.25) is 5.84 Å². The summed E-state index contributed by atoms with van der Waals surface area (Å²) in [5.41, 5.74) is 1.16. The molecule has 1 aromatic carbocycles. The minimum atomic E-state index is 0. The summed E-state index contributed by atoms with van der Waals surface area (Å²) in [6, 6.07) is 8.24. The summed E-state index contributed by atoms with van der Waals surface area (Å²) >= 11 is 6.09. The van der Waals surface area contributed by atoms with Crippen LogP contribution in [0.4, 0.5) is 0 Å². The van der Waals surface area contributed by atoms with Crippen LogP contribution >= 0.6 is 24.0 Å². The highest BCUT2D eigenvalue weighted by Crippen LogP contribution is 2.33. The predicted molar refractivity (Wildman–Crippen MR) is 61.6 cm³/mol. The monoisotopic (exact) mass is 232 g/mol. The highest BCUT2D eigenvalue weighted by Gasteiger charge is 2.24. The Morgan fingerprint density at radius 1 is 1.36 bits per heavy atom. The molecule has 1 aliphatic heterocycles. The van der Waals surface area contributed by atoms with E-state index in [4.69, 9.17) is 17.4 Å². The third kappa shape index (κ3) is 2.20. The van der Waals surface area contributed by atoms with Gasteiger partial charge in [0.2, 0.25) is 0 Å². The van der Waals surface area contributed by atoms with Crippen molar-refractivity contribution in [2.75, 3.05) is 6.54 Å². The van der Waals surface area contributed by atoms with Crippen molar-refractivity contribution in [3.63, 3.8) is 0 Å². The first-order valence-electron chi connectivity index (χ1n) is 4.55. The number of halogens is 2. The SMILES string of the molecule is Cl.NN1CCCC1c1ccccc1Cl. The molecular weight excluding hydrogens is 219 g/mol. The number of rotatable bonds is 1. The van der Waals surface area contributed by atoms with E-state index in [-0.39, 0.29) is 12.4 Å². The third-order valence-corrected chi connectivity index (χ3v) is 2.90. The fraction of sp³-hybridized carbons (Fsp3) is 0.400. The first kappa shape index (κ1) is 11.8. The van der Waals surface area contributed by atoms with Crippen molar-refractivity contribution >= 4 is 24.0 Å². The van der Waals surface area contributed by atoms with Gasteiger partial charge in [-0.25, -0.2) is 5.01 Å². The molecule has 0 bridgehead atoms. The first-order chi connectivity index (χ1) is 6.29. The zero-order valence-corrected chi connectivity index (χ0v) is 9.39. The van der Waals surface area contributed by atoms with Crippen LogP contribution in [0.1, 0.15) is 24.4 Å². The molecule has 2 nitrogen and oxygen atoms in total. The zero-order chi connectivity index (χ0) is 9.26. The molecule has 2 N–H and O–H groups in total. The van der Waals surface area contributed by atoms with Crippen molar-refractivity contribution in [1.29, 1.82) is 0 Å². The van der Waals surface area contributed by atoms with Crippen LogP contribution in [-0.4, -0.2) is 11.6 Å². The molecule has 0 radical (unpaired) electrons. The number of benzene rings is 1. The van der Waals surface area contributed by atoms with Gasteiger partial charge >= 0.3 is 0 Å². The summed E-state index contributed by atoms with van der Waals surface area (Å²) in [4.78, 5) is 0. The van der Waals surface area contributed by atoms with E-state index in [1.54, 1.807) is 0 Å². The molecule has 0 spiro atoms. The maximum Gasteiger partial charge on any atom is 0.0505 e. The smallest absolute Gasteiger partial charge is 0.0505 e. The topological polar surface area (TPSA) is 29.3 Å². The lowest BCUT2D eigenvalue weighted by atomic mass is 10.1. The summed E-state index contributed by atoms with van der Waals surface area (Å²) in [6.07, 6.45) is 2.27. The van der Waals surface area contributed by atoms with Crippen LogP contribution in [0.5, 0.6) is 0 Å². The molecule has 4 heteroatoms. The lowest BCUT2D eigenvalue weighted by molar-refractivity contribution is 0.266. The molecule has 0 amide bonds. The van der Waals surface area contributed by atoms with Crippen LogP contribution in [0.15, 0.2) is 24.3 Å². The highest BCUT2D eigenvalue weighted by atomic mass is 35.5. The Kier molecular flexibility index (Phi) is 4.20. The van der Waals surface area contributed by atoms with Gasteiger partial charge < -0.3 is 0 Å². The highest BCUT2D eigenvalue weighted by molar-refractivity contribution is 6.31. The number of hydrogen-bond donors (Lipinski definition) is 1. The molecule has 1 atom stereocenters. The molecule has 1 unspecified atom stereocenters. The summed E-state index contributed by atoms with van der Waals surface area (Å²) in [5, 5.41) is 2.70. The molecule has 0 saturated carbocycles. The second-order valence-electron chi connectivity index (χ2n) is 3.42. The minimum Gasteiger partial charge on any atom is -0.268 e. The molecule has 1 fully saturated rings. The second kappa shape index (κ2) is 4.99. The Bertz CT molecular complexity index is 304. The lowest BCUT2D eigenvalue weighted by Gasteiger charge is -2.20.